The summed E-state index contributed by atoms with van der Waals surface area (Å²) in [6.07, 6.45) is 2.94. The van der Waals surface area contributed by atoms with E-state index in [0.29, 0.717) is 29.7 Å². The van der Waals surface area contributed by atoms with Crippen LogP contribution in [0.3, 0.4) is 0 Å². The smallest absolute Gasteiger partial charge is 0.254 e. The van der Waals surface area contributed by atoms with Gasteiger partial charge in [0.25, 0.3) is 5.91 Å². The lowest BCUT2D eigenvalue weighted by Crippen LogP contribution is -2.46. The van der Waals surface area contributed by atoms with E-state index in [9.17, 15) is 4.79 Å². The SMILES string of the molecule is CCCN(C(=O)c1ccc(OCc2cscn2)c(OC)c1)C1CCNCC1.Cl.Cl. The average Bonchev–Trinajstić information content (AvgIpc) is 3.24. The van der Waals surface area contributed by atoms with Crippen LogP contribution in [0.5, 0.6) is 11.5 Å². The Kier molecular flexibility index (Phi) is 11.3. The Balaban J connectivity index is 0.00000210. The third-order valence-electron chi connectivity index (χ3n) is 4.74. The number of carbonyl (C=O) groups is 1. The molecule has 0 bridgehead atoms. The van der Waals surface area contributed by atoms with Gasteiger partial charge in [-0.2, -0.15) is 0 Å². The Morgan fingerprint density at radius 3 is 2.66 bits per heavy atom. The van der Waals surface area contributed by atoms with Gasteiger partial charge in [0, 0.05) is 23.5 Å². The second kappa shape index (κ2) is 12.9. The molecule has 3 rings (SSSR count). The summed E-state index contributed by atoms with van der Waals surface area (Å²) in [4.78, 5) is 19.4. The summed E-state index contributed by atoms with van der Waals surface area (Å²) in [6.45, 7) is 5.19. The third kappa shape index (κ3) is 6.74. The van der Waals surface area contributed by atoms with Crippen LogP contribution < -0.4 is 14.8 Å². The Morgan fingerprint density at radius 2 is 2.03 bits per heavy atom. The first kappa shape index (κ1) is 25.5. The largest absolute Gasteiger partial charge is 0.493 e. The first-order valence-corrected chi connectivity index (χ1v) is 10.4. The van der Waals surface area contributed by atoms with Crippen LogP contribution in [0.4, 0.5) is 0 Å². The van der Waals surface area contributed by atoms with Gasteiger partial charge in [-0.25, -0.2) is 4.98 Å². The number of ether oxygens (including phenoxy) is 2. The number of aromatic nitrogens is 1. The number of halogens is 2. The molecule has 1 fully saturated rings. The van der Waals surface area contributed by atoms with Crippen LogP contribution in [0.15, 0.2) is 29.1 Å². The molecule has 1 aromatic carbocycles. The van der Waals surface area contributed by atoms with Gasteiger partial charge in [-0.05, 0) is 50.6 Å². The first-order chi connectivity index (χ1) is 13.2. The van der Waals surface area contributed by atoms with E-state index in [4.69, 9.17) is 9.47 Å². The van der Waals surface area contributed by atoms with E-state index < -0.39 is 0 Å². The Bertz CT molecular complexity index is 741. The number of carbonyl (C=O) groups excluding carboxylic acids is 1. The fourth-order valence-corrected chi connectivity index (χ4v) is 3.90. The molecule has 0 atom stereocenters. The lowest BCUT2D eigenvalue weighted by molar-refractivity contribution is 0.0642. The molecule has 29 heavy (non-hydrogen) atoms. The lowest BCUT2D eigenvalue weighted by atomic mass is 10.0. The molecule has 0 saturated carbocycles. The van der Waals surface area contributed by atoms with Crippen LogP contribution in [0, 0.1) is 0 Å². The zero-order valence-electron chi connectivity index (χ0n) is 16.8. The maximum atomic E-state index is 13.2. The summed E-state index contributed by atoms with van der Waals surface area (Å²) in [5, 5.41) is 5.31. The van der Waals surface area contributed by atoms with Crippen molar-refractivity contribution in [1.29, 1.82) is 0 Å². The zero-order chi connectivity index (χ0) is 19.1. The fourth-order valence-electron chi connectivity index (χ4n) is 3.36. The van der Waals surface area contributed by atoms with Crippen molar-refractivity contribution in [2.75, 3.05) is 26.7 Å². The van der Waals surface area contributed by atoms with Gasteiger partial charge in [-0.15, -0.1) is 36.2 Å². The molecular formula is C20H29Cl2N3O3S. The third-order valence-corrected chi connectivity index (χ3v) is 5.38. The fraction of sp³-hybridized carbons (Fsp3) is 0.500. The molecule has 1 aliphatic heterocycles. The number of nitrogens with zero attached hydrogens (tertiary/aromatic N) is 2. The molecule has 1 saturated heterocycles. The summed E-state index contributed by atoms with van der Waals surface area (Å²) >= 11 is 1.54. The van der Waals surface area contributed by atoms with Gasteiger partial charge in [0.15, 0.2) is 11.5 Å². The number of hydrogen-bond acceptors (Lipinski definition) is 6. The van der Waals surface area contributed by atoms with E-state index in [2.05, 4.69) is 17.2 Å². The topological polar surface area (TPSA) is 63.7 Å². The highest BCUT2D eigenvalue weighted by Crippen LogP contribution is 2.30. The molecule has 0 spiro atoms. The van der Waals surface area contributed by atoms with E-state index in [1.165, 1.54) is 11.3 Å². The predicted octanol–water partition coefficient (Wildman–Crippen LogP) is 4.18. The van der Waals surface area contributed by atoms with Crippen molar-refractivity contribution in [3.05, 3.63) is 40.3 Å². The summed E-state index contributed by atoms with van der Waals surface area (Å²) in [5.41, 5.74) is 3.29. The van der Waals surface area contributed by atoms with Gasteiger partial charge in [0.05, 0.1) is 18.3 Å². The molecule has 1 amide bonds. The van der Waals surface area contributed by atoms with E-state index >= 15 is 0 Å². The van der Waals surface area contributed by atoms with Crippen molar-refractivity contribution < 1.29 is 14.3 Å². The number of hydrogen-bond donors (Lipinski definition) is 1. The highest BCUT2D eigenvalue weighted by atomic mass is 35.5. The number of nitrogens with one attached hydrogen (secondary N) is 1. The summed E-state index contributed by atoms with van der Waals surface area (Å²) in [6, 6.07) is 5.71. The van der Waals surface area contributed by atoms with Gasteiger partial charge < -0.3 is 19.7 Å². The van der Waals surface area contributed by atoms with Crippen LogP contribution in [0.2, 0.25) is 0 Å². The Morgan fingerprint density at radius 1 is 1.28 bits per heavy atom. The highest BCUT2D eigenvalue weighted by molar-refractivity contribution is 7.07. The molecule has 2 aromatic rings. The molecule has 0 radical (unpaired) electrons. The van der Waals surface area contributed by atoms with Gasteiger partial charge in [0.1, 0.15) is 6.61 Å². The highest BCUT2D eigenvalue weighted by Gasteiger charge is 2.26. The monoisotopic (exact) mass is 461 g/mol. The van der Waals surface area contributed by atoms with E-state index in [1.807, 2.05) is 22.4 Å². The normalized spacial score (nSPS) is 13.7. The summed E-state index contributed by atoms with van der Waals surface area (Å²) in [5.74, 6) is 1.25. The minimum Gasteiger partial charge on any atom is -0.493 e. The van der Waals surface area contributed by atoms with E-state index in [1.54, 1.807) is 18.7 Å². The maximum Gasteiger partial charge on any atom is 0.254 e. The summed E-state index contributed by atoms with van der Waals surface area (Å²) in [7, 11) is 1.59. The molecule has 0 unspecified atom stereocenters. The van der Waals surface area contributed by atoms with E-state index in [0.717, 1.165) is 44.6 Å². The molecule has 9 heteroatoms. The lowest BCUT2D eigenvalue weighted by Gasteiger charge is -2.34. The molecule has 6 nitrogen and oxygen atoms in total. The predicted molar refractivity (Wildman–Crippen MR) is 121 cm³/mol. The van der Waals surface area contributed by atoms with Gasteiger partial charge >= 0.3 is 0 Å². The van der Waals surface area contributed by atoms with Gasteiger partial charge in [-0.1, -0.05) is 6.92 Å². The van der Waals surface area contributed by atoms with Crippen LogP contribution >= 0.6 is 36.2 Å². The standard InChI is InChI=1S/C20H27N3O3S.2ClH/c1-3-10-23(17-6-8-21-9-7-17)20(24)15-4-5-18(19(11-15)25-2)26-12-16-13-27-14-22-16;;/h4-5,11,13-14,17,21H,3,6-10,12H2,1-2H3;2*1H. The molecular weight excluding hydrogens is 433 g/mol. The van der Waals surface area contributed by atoms with Crippen molar-refractivity contribution in [3.63, 3.8) is 0 Å². The molecule has 1 aliphatic rings. The Labute approximate surface area is 188 Å². The number of benzene rings is 1. The van der Waals surface area contributed by atoms with Crippen molar-refractivity contribution in [2.24, 2.45) is 0 Å². The van der Waals surface area contributed by atoms with Crippen LogP contribution in [0.25, 0.3) is 0 Å². The number of methoxy groups -OCH3 is 1. The zero-order valence-corrected chi connectivity index (χ0v) is 19.2. The van der Waals surface area contributed by atoms with Crippen molar-refractivity contribution in [1.82, 2.24) is 15.2 Å². The number of rotatable bonds is 8. The number of piperidine rings is 1. The number of amides is 1. The second-order valence-electron chi connectivity index (χ2n) is 6.61. The van der Waals surface area contributed by atoms with Gasteiger partial charge in [-0.3, -0.25) is 4.79 Å². The molecule has 0 aliphatic carbocycles. The van der Waals surface area contributed by atoms with Crippen molar-refractivity contribution >= 4 is 42.1 Å². The minimum atomic E-state index is 0. The minimum absolute atomic E-state index is 0. The quantitative estimate of drug-likeness (QED) is 0.638. The van der Waals surface area contributed by atoms with E-state index in [-0.39, 0.29) is 30.7 Å². The van der Waals surface area contributed by atoms with Crippen LogP contribution in [-0.2, 0) is 6.61 Å². The first-order valence-electron chi connectivity index (χ1n) is 9.42. The summed E-state index contributed by atoms with van der Waals surface area (Å²) < 4.78 is 11.3. The van der Waals surface area contributed by atoms with Crippen LogP contribution in [0.1, 0.15) is 42.2 Å². The molecule has 1 N–H and O–H groups in total. The van der Waals surface area contributed by atoms with Crippen molar-refractivity contribution in [3.8, 4) is 11.5 Å². The molecule has 162 valence electrons. The van der Waals surface area contributed by atoms with Crippen molar-refractivity contribution in [2.45, 2.75) is 38.8 Å². The molecule has 2 heterocycles. The molecule has 1 aromatic heterocycles. The van der Waals surface area contributed by atoms with Gasteiger partial charge in [0.2, 0.25) is 0 Å². The van der Waals surface area contributed by atoms with Crippen LogP contribution in [-0.4, -0.2) is 48.6 Å². The maximum absolute atomic E-state index is 13.2. The average molecular weight is 462 g/mol. The second-order valence-corrected chi connectivity index (χ2v) is 7.33. The number of thiazole rings is 1. The Hall–Kier alpha value is -1.54.